The molecule has 2 N–H and O–H groups in total. The van der Waals surface area contributed by atoms with Crippen LogP contribution in [0.2, 0.25) is 0 Å². The van der Waals surface area contributed by atoms with E-state index in [1.807, 2.05) is 42.5 Å². The number of ether oxygens (including phenoxy) is 1. The van der Waals surface area contributed by atoms with Crippen molar-refractivity contribution < 1.29 is 33.8 Å². The number of carbonyl (C=O) groups is 3. The summed E-state index contributed by atoms with van der Waals surface area (Å²) in [6.45, 7) is 10.0. The second-order valence-corrected chi connectivity index (χ2v) is 9.12. The summed E-state index contributed by atoms with van der Waals surface area (Å²) in [6, 6.07) is 13.5. The van der Waals surface area contributed by atoms with E-state index in [2.05, 4.69) is 48.3 Å². The summed E-state index contributed by atoms with van der Waals surface area (Å²) in [6.07, 6.45) is 2.83. The van der Waals surface area contributed by atoms with Crippen molar-refractivity contribution in [3.63, 3.8) is 0 Å². The molecule has 0 aliphatic carbocycles. The van der Waals surface area contributed by atoms with E-state index in [0.29, 0.717) is 17.7 Å². The number of rotatable bonds is 11. The lowest BCUT2D eigenvalue weighted by Gasteiger charge is -2.18. The van der Waals surface area contributed by atoms with Crippen LogP contribution in [0.25, 0.3) is 11.0 Å². The second kappa shape index (κ2) is 14.6. The number of fused-ring (bicyclic) bond motifs is 1. The Balaban J connectivity index is 0.000000678. The predicted molar refractivity (Wildman–Crippen MR) is 146 cm³/mol. The van der Waals surface area contributed by atoms with Gasteiger partial charge >= 0.3 is 11.9 Å². The van der Waals surface area contributed by atoms with Gasteiger partial charge in [0.25, 0.3) is 0 Å². The average molecular weight is 609 g/mol. The number of para-hydroxylation sites is 1. The summed E-state index contributed by atoms with van der Waals surface area (Å²) >= 11 is 2.25. The van der Waals surface area contributed by atoms with Gasteiger partial charge in [0.1, 0.15) is 23.7 Å². The fraction of sp³-hybridized carbons (Fsp3) is 0.370. The number of unbranched alkanes of at least 4 members (excludes halogenated alkanes) is 1. The molecule has 0 amide bonds. The van der Waals surface area contributed by atoms with Gasteiger partial charge < -0.3 is 24.3 Å². The standard InChI is InChI=1S/C25H30INO3.C2H2O4/c1-4-7-11-23-24(19-10-8-9-12-21(19)30-23)25(28)18-13-14-22(20(26)17-18)29-16-15-27(5-2)6-3;3-1(4)2(5)6/h8-10,12-14,17H,4-7,11,15-16H2,1-3H3;(H,3,4)(H,5,6). The molecule has 0 saturated heterocycles. The Morgan fingerprint density at radius 2 is 1.67 bits per heavy atom. The molecule has 3 aromatic rings. The first-order valence-electron chi connectivity index (χ1n) is 11.9. The summed E-state index contributed by atoms with van der Waals surface area (Å²) < 4.78 is 13.0. The Labute approximate surface area is 224 Å². The number of ketones is 1. The van der Waals surface area contributed by atoms with E-state index in [-0.39, 0.29) is 5.78 Å². The molecule has 8 nitrogen and oxygen atoms in total. The number of halogens is 1. The summed E-state index contributed by atoms with van der Waals surface area (Å²) in [7, 11) is 0. The molecule has 0 spiro atoms. The van der Waals surface area contributed by atoms with Gasteiger partial charge in [-0.2, -0.15) is 0 Å². The van der Waals surface area contributed by atoms with Gasteiger partial charge in [0.05, 0.1) is 9.13 Å². The summed E-state index contributed by atoms with van der Waals surface area (Å²) in [4.78, 5) is 34.0. The van der Waals surface area contributed by atoms with Crippen LogP contribution >= 0.6 is 22.6 Å². The van der Waals surface area contributed by atoms with E-state index in [4.69, 9.17) is 29.0 Å². The zero-order valence-electron chi connectivity index (χ0n) is 20.8. The normalized spacial score (nSPS) is 10.7. The van der Waals surface area contributed by atoms with Crippen LogP contribution in [0.3, 0.4) is 0 Å². The maximum atomic E-state index is 13.4. The van der Waals surface area contributed by atoms with Gasteiger partial charge in [-0.15, -0.1) is 0 Å². The number of furan rings is 1. The first-order chi connectivity index (χ1) is 17.2. The molecule has 0 bridgehead atoms. The number of hydrogen-bond donors (Lipinski definition) is 2. The van der Waals surface area contributed by atoms with Crippen molar-refractivity contribution >= 4 is 51.3 Å². The van der Waals surface area contributed by atoms with E-state index in [1.165, 1.54) is 0 Å². The van der Waals surface area contributed by atoms with E-state index < -0.39 is 11.9 Å². The van der Waals surface area contributed by atoms with Crippen LogP contribution in [0.1, 0.15) is 55.3 Å². The average Bonchev–Trinajstić information content (AvgIpc) is 3.24. The Morgan fingerprint density at radius 3 is 2.25 bits per heavy atom. The van der Waals surface area contributed by atoms with Crippen LogP contribution in [0.4, 0.5) is 0 Å². The largest absolute Gasteiger partial charge is 0.491 e. The Morgan fingerprint density at radius 1 is 1.00 bits per heavy atom. The minimum absolute atomic E-state index is 0.0126. The molecule has 0 unspecified atom stereocenters. The van der Waals surface area contributed by atoms with Crippen molar-refractivity contribution in [1.82, 2.24) is 4.90 Å². The lowest BCUT2D eigenvalue weighted by molar-refractivity contribution is -0.159. The van der Waals surface area contributed by atoms with Crippen LogP contribution in [0.15, 0.2) is 46.9 Å². The number of hydrogen-bond acceptors (Lipinski definition) is 6. The molecule has 194 valence electrons. The first-order valence-corrected chi connectivity index (χ1v) is 13.0. The molecule has 0 aliphatic rings. The van der Waals surface area contributed by atoms with Gasteiger partial charge in [0.2, 0.25) is 0 Å². The topological polar surface area (TPSA) is 117 Å². The van der Waals surface area contributed by atoms with Crippen LogP contribution < -0.4 is 4.74 Å². The molecular formula is C27H32INO7. The minimum atomic E-state index is -1.82. The molecule has 0 atom stereocenters. The van der Waals surface area contributed by atoms with Gasteiger partial charge in [0.15, 0.2) is 5.78 Å². The number of aryl methyl sites for hydroxylation is 1. The maximum absolute atomic E-state index is 13.4. The van der Waals surface area contributed by atoms with Crippen molar-refractivity contribution in [2.24, 2.45) is 0 Å². The number of aliphatic carboxylic acids is 2. The Hall–Kier alpha value is -2.92. The fourth-order valence-electron chi connectivity index (χ4n) is 3.59. The number of likely N-dealkylation sites (N-methyl/N-ethyl adjacent to an activating group) is 1. The number of nitrogens with zero attached hydrogens (tertiary/aromatic N) is 1. The van der Waals surface area contributed by atoms with Crippen molar-refractivity contribution in [2.75, 3.05) is 26.2 Å². The molecule has 1 heterocycles. The SMILES string of the molecule is CCCCc1oc2ccccc2c1C(=O)c1ccc(OCCN(CC)CC)c(I)c1.O=C(O)C(=O)O. The van der Waals surface area contributed by atoms with Gasteiger partial charge in [0, 0.05) is 23.9 Å². The summed E-state index contributed by atoms with van der Waals surface area (Å²) in [5.74, 6) is -2.02. The lowest BCUT2D eigenvalue weighted by Crippen LogP contribution is -2.28. The third-order valence-corrected chi connectivity index (χ3v) is 6.43. The zero-order valence-corrected chi connectivity index (χ0v) is 22.9. The highest BCUT2D eigenvalue weighted by molar-refractivity contribution is 14.1. The van der Waals surface area contributed by atoms with E-state index in [1.54, 1.807) is 0 Å². The number of carbonyl (C=O) groups excluding carboxylic acids is 1. The molecule has 0 aliphatic heterocycles. The van der Waals surface area contributed by atoms with Crippen LogP contribution in [0, 0.1) is 3.57 Å². The minimum Gasteiger partial charge on any atom is -0.491 e. The highest BCUT2D eigenvalue weighted by Gasteiger charge is 2.22. The molecule has 1 aromatic heterocycles. The third kappa shape index (κ3) is 8.06. The van der Waals surface area contributed by atoms with Gasteiger partial charge in [-0.3, -0.25) is 4.79 Å². The molecule has 36 heavy (non-hydrogen) atoms. The van der Waals surface area contributed by atoms with Gasteiger partial charge in [-0.05, 0) is 66.4 Å². The van der Waals surface area contributed by atoms with E-state index in [0.717, 1.165) is 64.9 Å². The van der Waals surface area contributed by atoms with Crippen molar-refractivity contribution in [3.8, 4) is 5.75 Å². The van der Waals surface area contributed by atoms with Gasteiger partial charge in [-0.25, -0.2) is 9.59 Å². The molecule has 0 saturated carbocycles. The summed E-state index contributed by atoms with van der Waals surface area (Å²) in [5, 5.41) is 15.7. The molecular weight excluding hydrogens is 577 g/mol. The first kappa shape index (κ1) is 29.3. The third-order valence-electron chi connectivity index (χ3n) is 5.59. The number of benzene rings is 2. The lowest BCUT2D eigenvalue weighted by atomic mass is 9.98. The predicted octanol–water partition coefficient (Wildman–Crippen LogP) is 5.49. The highest BCUT2D eigenvalue weighted by Crippen LogP contribution is 2.31. The van der Waals surface area contributed by atoms with Crippen LogP contribution in [0.5, 0.6) is 5.75 Å². The van der Waals surface area contributed by atoms with Crippen LogP contribution in [-0.2, 0) is 16.0 Å². The Bertz CT molecular complexity index is 1170. The van der Waals surface area contributed by atoms with E-state index >= 15 is 0 Å². The Kier molecular flexibility index (Phi) is 11.9. The fourth-order valence-corrected chi connectivity index (χ4v) is 4.26. The maximum Gasteiger partial charge on any atom is 0.414 e. The van der Waals surface area contributed by atoms with Crippen molar-refractivity contribution in [1.29, 1.82) is 0 Å². The number of carboxylic acid groups (broad SMARTS) is 2. The van der Waals surface area contributed by atoms with E-state index in [9.17, 15) is 4.79 Å². The van der Waals surface area contributed by atoms with Crippen molar-refractivity contribution in [2.45, 2.75) is 40.0 Å². The zero-order chi connectivity index (χ0) is 26.7. The van der Waals surface area contributed by atoms with Crippen molar-refractivity contribution in [3.05, 3.63) is 62.9 Å². The van der Waals surface area contributed by atoms with Gasteiger partial charge in [-0.1, -0.05) is 45.4 Å². The smallest absolute Gasteiger partial charge is 0.414 e. The molecule has 2 aromatic carbocycles. The molecule has 0 fully saturated rings. The highest BCUT2D eigenvalue weighted by atomic mass is 127. The van der Waals surface area contributed by atoms with Crippen LogP contribution in [-0.4, -0.2) is 59.1 Å². The molecule has 3 rings (SSSR count). The second-order valence-electron chi connectivity index (χ2n) is 7.96. The quantitative estimate of drug-likeness (QED) is 0.167. The number of carboxylic acids is 2. The molecule has 9 heteroatoms. The molecule has 0 radical (unpaired) electrons. The summed E-state index contributed by atoms with van der Waals surface area (Å²) in [5.41, 5.74) is 2.14. The monoisotopic (exact) mass is 609 g/mol.